The van der Waals surface area contributed by atoms with Gasteiger partial charge in [-0.3, -0.25) is 0 Å². The molecular weight excluding hydrogens is 294 g/mol. The molecule has 0 spiro atoms. The number of aliphatic hydroxyl groups is 1. The Bertz CT molecular complexity index is 533. The van der Waals surface area contributed by atoms with E-state index in [-0.39, 0.29) is 6.54 Å². The highest BCUT2D eigenvalue weighted by Gasteiger charge is 2.20. The van der Waals surface area contributed by atoms with Crippen molar-refractivity contribution in [2.45, 2.75) is 38.2 Å². The van der Waals surface area contributed by atoms with Crippen molar-refractivity contribution in [3.63, 3.8) is 0 Å². The first-order valence-electron chi connectivity index (χ1n) is 6.52. The van der Waals surface area contributed by atoms with Gasteiger partial charge in [0.25, 0.3) is 0 Å². The number of sulfonamides is 1. The van der Waals surface area contributed by atoms with Crippen LogP contribution in [-0.4, -0.2) is 38.2 Å². The van der Waals surface area contributed by atoms with E-state index in [1.165, 1.54) is 0 Å². The molecule has 0 radical (unpaired) electrons. The number of aryl methyl sites for hydroxylation is 3. The van der Waals surface area contributed by atoms with Crippen LogP contribution in [-0.2, 0) is 10.0 Å². The zero-order chi connectivity index (χ0) is 15.3. The minimum absolute atomic E-state index is 0.0512. The van der Waals surface area contributed by atoms with Crippen molar-refractivity contribution in [2.24, 2.45) is 0 Å². The summed E-state index contributed by atoms with van der Waals surface area (Å²) in [5.41, 5.74) is 2.50. The first-order chi connectivity index (χ1) is 9.27. The molecule has 20 heavy (non-hydrogen) atoms. The lowest BCUT2D eigenvalue weighted by atomic mass is 10.1. The molecule has 0 heterocycles. The molecular formula is C14H23NO3S2. The molecule has 0 fully saturated rings. The number of hydrogen-bond donors (Lipinski definition) is 2. The molecule has 1 rings (SSSR count). The summed E-state index contributed by atoms with van der Waals surface area (Å²) < 4.78 is 27.2. The van der Waals surface area contributed by atoms with E-state index in [0.29, 0.717) is 11.3 Å². The minimum atomic E-state index is -3.58. The Kier molecular flexibility index (Phi) is 6.51. The van der Waals surface area contributed by atoms with Gasteiger partial charge in [-0.25, -0.2) is 13.1 Å². The zero-order valence-corrected chi connectivity index (χ0v) is 14.1. The molecule has 1 aromatic rings. The van der Waals surface area contributed by atoms with Crippen LogP contribution in [0, 0.1) is 20.8 Å². The monoisotopic (exact) mass is 317 g/mol. The van der Waals surface area contributed by atoms with Gasteiger partial charge in [0.15, 0.2) is 0 Å². The van der Waals surface area contributed by atoms with Crippen LogP contribution in [0.3, 0.4) is 0 Å². The summed E-state index contributed by atoms with van der Waals surface area (Å²) in [5, 5.41) is 9.73. The van der Waals surface area contributed by atoms with Crippen molar-refractivity contribution in [1.82, 2.24) is 4.72 Å². The van der Waals surface area contributed by atoms with E-state index < -0.39 is 16.1 Å². The van der Waals surface area contributed by atoms with Gasteiger partial charge in [-0.2, -0.15) is 11.8 Å². The fourth-order valence-electron chi connectivity index (χ4n) is 2.22. The predicted molar refractivity (Wildman–Crippen MR) is 84.8 cm³/mol. The highest BCUT2D eigenvalue weighted by Crippen LogP contribution is 2.21. The summed E-state index contributed by atoms with van der Waals surface area (Å²) in [4.78, 5) is 0.320. The number of thioether (sulfide) groups is 1. The molecule has 0 amide bonds. The van der Waals surface area contributed by atoms with Crippen LogP contribution in [0.1, 0.15) is 23.1 Å². The lowest BCUT2D eigenvalue weighted by molar-refractivity contribution is 0.175. The van der Waals surface area contributed by atoms with E-state index in [9.17, 15) is 13.5 Å². The van der Waals surface area contributed by atoms with Gasteiger partial charge in [0.1, 0.15) is 0 Å². The summed E-state index contributed by atoms with van der Waals surface area (Å²) in [6.45, 7) is 5.57. The predicted octanol–water partition coefficient (Wildman–Crippen LogP) is 2.00. The molecule has 0 aliphatic rings. The van der Waals surface area contributed by atoms with Crippen molar-refractivity contribution in [1.29, 1.82) is 0 Å². The second-order valence-electron chi connectivity index (χ2n) is 5.02. The van der Waals surface area contributed by atoms with Gasteiger partial charge in [0, 0.05) is 6.54 Å². The molecule has 0 saturated carbocycles. The molecule has 6 heteroatoms. The number of rotatable bonds is 7. The van der Waals surface area contributed by atoms with Gasteiger partial charge < -0.3 is 5.11 Å². The van der Waals surface area contributed by atoms with Crippen LogP contribution >= 0.6 is 11.8 Å². The zero-order valence-electron chi connectivity index (χ0n) is 12.4. The summed E-state index contributed by atoms with van der Waals surface area (Å²) in [6.07, 6.45) is 1.88. The van der Waals surface area contributed by atoms with Gasteiger partial charge in [0.2, 0.25) is 10.0 Å². The van der Waals surface area contributed by atoms with Gasteiger partial charge in [-0.05, 0) is 50.3 Å². The van der Waals surface area contributed by atoms with E-state index in [2.05, 4.69) is 4.72 Å². The molecule has 0 aliphatic carbocycles. The number of benzene rings is 1. The Hall–Kier alpha value is -0.560. The van der Waals surface area contributed by atoms with Crippen molar-refractivity contribution < 1.29 is 13.5 Å². The quantitative estimate of drug-likeness (QED) is 0.807. The Morgan fingerprint density at radius 2 is 1.80 bits per heavy atom. The van der Waals surface area contributed by atoms with Gasteiger partial charge in [-0.15, -0.1) is 0 Å². The van der Waals surface area contributed by atoms with Crippen molar-refractivity contribution >= 4 is 21.8 Å². The third kappa shape index (κ3) is 4.77. The first kappa shape index (κ1) is 17.5. The molecule has 1 atom stereocenters. The van der Waals surface area contributed by atoms with Crippen molar-refractivity contribution in [2.75, 3.05) is 18.6 Å². The highest BCUT2D eigenvalue weighted by atomic mass is 32.2. The molecule has 4 nitrogen and oxygen atoms in total. The maximum atomic E-state index is 12.3. The largest absolute Gasteiger partial charge is 0.392 e. The van der Waals surface area contributed by atoms with Crippen LogP contribution in [0.4, 0.5) is 0 Å². The lowest BCUT2D eigenvalue weighted by Gasteiger charge is -2.15. The molecule has 114 valence electrons. The second kappa shape index (κ2) is 7.45. The van der Waals surface area contributed by atoms with E-state index in [4.69, 9.17) is 0 Å². The summed E-state index contributed by atoms with van der Waals surface area (Å²) in [7, 11) is -3.58. The highest BCUT2D eigenvalue weighted by molar-refractivity contribution is 7.98. The molecule has 0 bridgehead atoms. The van der Waals surface area contributed by atoms with Crippen LogP contribution < -0.4 is 4.72 Å². The average molecular weight is 317 g/mol. The van der Waals surface area contributed by atoms with Crippen molar-refractivity contribution in [3.8, 4) is 0 Å². The van der Waals surface area contributed by atoms with E-state index in [0.717, 1.165) is 22.4 Å². The fraction of sp³-hybridized carbons (Fsp3) is 0.571. The van der Waals surface area contributed by atoms with Crippen LogP contribution in [0.25, 0.3) is 0 Å². The number of nitrogens with one attached hydrogen (secondary N) is 1. The van der Waals surface area contributed by atoms with E-state index in [1.807, 2.05) is 25.3 Å². The van der Waals surface area contributed by atoms with Gasteiger partial charge in [0.05, 0.1) is 11.0 Å². The standard InChI is InChI=1S/C14H23NO3S2/c1-10-7-11(2)14(12(3)8-10)20(17,18)15-9-13(16)5-6-19-4/h7-8,13,15-16H,5-6,9H2,1-4H3. The van der Waals surface area contributed by atoms with E-state index in [1.54, 1.807) is 25.6 Å². The first-order valence-corrected chi connectivity index (χ1v) is 9.40. The maximum Gasteiger partial charge on any atom is 0.241 e. The fourth-order valence-corrected chi connectivity index (χ4v) is 4.25. The third-order valence-electron chi connectivity index (χ3n) is 3.04. The third-order valence-corrected chi connectivity index (χ3v) is 5.41. The Labute approximate surface area is 126 Å². The Morgan fingerprint density at radius 1 is 1.25 bits per heavy atom. The topological polar surface area (TPSA) is 66.4 Å². The average Bonchev–Trinajstić information content (AvgIpc) is 2.32. The lowest BCUT2D eigenvalue weighted by Crippen LogP contribution is -2.33. The van der Waals surface area contributed by atoms with Crippen LogP contribution in [0.15, 0.2) is 17.0 Å². The SMILES string of the molecule is CSCCC(O)CNS(=O)(=O)c1c(C)cc(C)cc1C. The smallest absolute Gasteiger partial charge is 0.241 e. The number of hydrogen-bond acceptors (Lipinski definition) is 4. The molecule has 1 aromatic carbocycles. The minimum Gasteiger partial charge on any atom is -0.392 e. The number of aliphatic hydroxyl groups excluding tert-OH is 1. The van der Waals surface area contributed by atoms with Crippen LogP contribution in [0.5, 0.6) is 0 Å². The maximum absolute atomic E-state index is 12.3. The Morgan fingerprint density at radius 3 is 2.30 bits per heavy atom. The molecule has 1 unspecified atom stereocenters. The van der Waals surface area contributed by atoms with Crippen LogP contribution in [0.2, 0.25) is 0 Å². The summed E-state index contributed by atoms with van der Waals surface area (Å²) >= 11 is 1.63. The van der Waals surface area contributed by atoms with Gasteiger partial charge in [-0.1, -0.05) is 17.7 Å². The molecule has 0 aliphatic heterocycles. The van der Waals surface area contributed by atoms with E-state index >= 15 is 0 Å². The van der Waals surface area contributed by atoms with Crippen molar-refractivity contribution in [3.05, 3.63) is 28.8 Å². The molecule has 0 aromatic heterocycles. The summed E-state index contributed by atoms with van der Waals surface area (Å²) in [6, 6.07) is 3.71. The molecule has 2 N–H and O–H groups in total. The Balaban J connectivity index is 2.85. The second-order valence-corrected chi connectivity index (χ2v) is 7.70. The van der Waals surface area contributed by atoms with Gasteiger partial charge >= 0.3 is 0 Å². The molecule has 0 saturated heterocycles. The summed E-state index contributed by atoms with van der Waals surface area (Å²) in [5.74, 6) is 0.811. The normalized spacial score (nSPS) is 13.4.